The molecule has 1 aliphatic heterocycles. The number of methoxy groups -OCH3 is 1. The third-order valence-electron chi connectivity index (χ3n) is 4.56. The topological polar surface area (TPSA) is 35.5 Å². The van der Waals surface area contributed by atoms with Gasteiger partial charge >= 0.3 is 5.97 Å². The van der Waals surface area contributed by atoms with Crippen LogP contribution in [0.4, 0.5) is 0 Å². The van der Waals surface area contributed by atoms with Gasteiger partial charge < -0.3 is 14.0 Å². The molecule has 0 amide bonds. The first-order valence-corrected chi connectivity index (χ1v) is 7.85. The van der Waals surface area contributed by atoms with Crippen LogP contribution in [-0.4, -0.2) is 50.3 Å². The van der Waals surface area contributed by atoms with Crippen molar-refractivity contribution in [2.75, 3.05) is 39.9 Å². The molecule has 2 rings (SSSR count). The Hall–Kier alpha value is -1.55. The van der Waals surface area contributed by atoms with Crippen molar-refractivity contribution in [1.29, 1.82) is 0 Å². The molecule has 4 heteroatoms. The van der Waals surface area contributed by atoms with Crippen molar-refractivity contribution >= 4 is 5.97 Å². The van der Waals surface area contributed by atoms with E-state index in [0.29, 0.717) is 12.2 Å². The van der Waals surface area contributed by atoms with Gasteiger partial charge in [0.2, 0.25) is 0 Å². The van der Waals surface area contributed by atoms with E-state index in [-0.39, 0.29) is 5.97 Å². The van der Waals surface area contributed by atoms with Crippen LogP contribution in [0, 0.1) is 0 Å². The maximum absolute atomic E-state index is 12.0. The monoisotopic (exact) mass is 292 g/mol. The van der Waals surface area contributed by atoms with Crippen molar-refractivity contribution in [2.24, 2.45) is 0 Å². The van der Waals surface area contributed by atoms with E-state index < -0.39 is 0 Å². The van der Waals surface area contributed by atoms with Gasteiger partial charge in [0.05, 0.1) is 32.3 Å². The van der Waals surface area contributed by atoms with E-state index >= 15 is 0 Å². The minimum Gasteiger partial charge on any atom is -0.497 e. The Morgan fingerprint density at radius 3 is 2.38 bits per heavy atom. The molecule has 116 valence electrons. The molecule has 4 nitrogen and oxygen atoms in total. The first kappa shape index (κ1) is 15.8. The van der Waals surface area contributed by atoms with Gasteiger partial charge in [-0.25, -0.2) is 4.79 Å². The number of quaternary nitrogens is 1. The van der Waals surface area contributed by atoms with Crippen LogP contribution < -0.4 is 4.74 Å². The van der Waals surface area contributed by atoms with Gasteiger partial charge in [0.1, 0.15) is 18.9 Å². The van der Waals surface area contributed by atoms with E-state index in [2.05, 4.69) is 6.92 Å². The van der Waals surface area contributed by atoms with Crippen LogP contribution in [-0.2, 0) is 4.74 Å². The van der Waals surface area contributed by atoms with Crippen molar-refractivity contribution in [2.45, 2.75) is 26.2 Å². The number of esters is 1. The lowest BCUT2D eigenvalue weighted by Crippen LogP contribution is -2.53. The van der Waals surface area contributed by atoms with E-state index in [1.54, 1.807) is 31.4 Å². The van der Waals surface area contributed by atoms with Crippen LogP contribution in [0.1, 0.15) is 36.5 Å². The SMILES string of the molecule is CC[N+]1(CCOC(=O)c2ccc(OC)cc2)CCCCC1. The minimum absolute atomic E-state index is 0.246. The fourth-order valence-electron chi connectivity index (χ4n) is 3.02. The molecule has 0 radical (unpaired) electrons. The summed E-state index contributed by atoms with van der Waals surface area (Å²) < 4.78 is 11.6. The smallest absolute Gasteiger partial charge is 0.338 e. The number of likely N-dealkylation sites (tertiary alicyclic amines) is 1. The van der Waals surface area contributed by atoms with Gasteiger partial charge in [-0.15, -0.1) is 0 Å². The number of ether oxygens (including phenoxy) is 2. The van der Waals surface area contributed by atoms with Gasteiger partial charge in [-0.2, -0.15) is 0 Å². The Morgan fingerprint density at radius 1 is 1.14 bits per heavy atom. The van der Waals surface area contributed by atoms with Crippen LogP contribution in [0.25, 0.3) is 0 Å². The van der Waals surface area contributed by atoms with Crippen LogP contribution in [0.15, 0.2) is 24.3 Å². The summed E-state index contributed by atoms with van der Waals surface area (Å²) >= 11 is 0. The van der Waals surface area contributed by atoms with E-state index in [1.165, 1.54) is 32.4 Å². The second-order valence-electron chi connectivity index (χ2n) is 5.75. The summed E-state index contributed by atoms with van der Waals surface area (Å²) in [6.45, 7) is 7.22. The Labute approximate surface area is 127 Å². The molecular formula is C17H26NO3+. The molecule has 1 aliphatic rings. The Balaban J connectivity index is 1.82. The average molecular weight is 292 g/mol. The zero-order chi connectivity index (χ0) is 15.1. The maximum Gasteiger partial charge on any atom is 0.338 e. The minimum atomic E-state index is -0.246. The van der Waals surface area contributed by atoms with Gasteiger partial charge in [-0.1, -0.05) is 0 Å². The fourth-order valence-corrected chi connectivity index (χ4v) is 3.02. The third-order valence-corrected chi connectivity index (χ3v) is 4.56. The largest absolute Gasteiger partial charge is 0.497 e. The summed E-state index contributed by atoms with van der Waals surface area (Å²) in [5.41, 5.74) is 0.581. The van der Waals surface area contributed by atoms with Gasteiger partial charge in [0.15, 0.2) is 0 Å². The zero-order valence-corrected chi connectivity index (χ0v) is 13.1. The van der Waals surface area contributed by atoms with E-state index in [0.717, 1.165) is 23.3 Å². The predicted octanol–water partition coefficient (Wildman–Crippen LogP) is 2.87. The van der Waals surface area contributed by atoms with Crippen LogP contribution in [0.2, 0.25) is 0 Å². The van der Waals surface area contributed by atoms with Crippen molar-refractivity contribution in [3.05, 3.63) is 29.8 Å². The van der Waals surface area contributed by atoms with Crippen molar-refractivity contribution in [3.63, 3.8) is 0 Å². The molecule has 0 N–H and O–H groups in total. The number of hydrogen-bond donors (Lipinski definition) is 0. The highest BCUT2D eigenvalue weighted by Gasteiger charge is 2.27. The molecule has 0 saturated carbocycles. The highest BCUT2D eigenvalue weighted by atomic mass is 16.5. The molecule has 0 unspecified atom stereocenters. The first-order chi connectivity index (χ1) is 10.2. The molecule has 1 heterocycles. The lowest BCUT2D eigenvalue weighted by molar-refractivity contribution is -0.930. The summed E-state index contributed by atoms with van der Waals surface area (Å²) in [5.74, 6) is 0.499. The van der Waals surface area contributed by atoms with Gasteiger partial charge in [0.25, 0.3) is 0 Å². The number of piperidine rings is 1. The summed E-state index contributed by atoms with van der Waals surface area (Å²) in [6.07, 6.45) is 3.92. The van der Waals surface area contributed by atoms with Crippen LogP contribution >= 0.6 is 0 Å². The van der Waals surface area contributed by atoms with Gasteiger partial charge in [-0.05, 0) is 50.5 Å². The van der Waals surface area contributed by atoms with Crippen molar-refractivity contribution in [1.82, 2.24) is 0 Å². The lowest BCUT2D eigenvalue weighted by Gasteiger charge is -2.40. The molecule has 1 aromatic carbocycles. The molecule has 0 aliphatic carbocycles. The average Bonchev–Trinajstić information content (AvgIpc) is 2.55. The Morgan fingerprint density at radius 2 is 1.81 bits per heavy atom. The third kappa shape index (κ3) is 4.21. The summed E-state index contributed by atoms with van der Waals surface area (Å²) in [5, 5.41) is 0. The molecule has 1 saturated heterocycles. The fraction of sp³-hybridized carbons (Fsp3) is 0.588. The van der Waals surface area contributed by atoms with Gasteiger partial charge in [-0.3, -0.25) is 0 Å². The molecule has 0 bridgehead atoms. The maximum atomic E-state index is 12.0. The number of carbonyl (C=O) groups is 1. The zero-order valence-electron chi connectivity index (χ0n) is 13.1. The lowest BCUT2D eigenvalue weighted by atomic mass is 10.1. The molecule has 1 aromatic rings. The molecule has 0 spiro atoms. The van der Waals surface area contributed by atoms with Crippen molar-refractivity contribution in [3.8, 4) is 5.75 Å². The number of nitrogens with zero attached hydrogens (tertiary/aromatic N) is 1. The quantitative estimate of drug-likeness (QED) is 0.597. The van der Waals surface area contributed by atoms with E-state index in [9.17, 15) is 4.79 Å². The number of likely N-dealkylation sites (N-methyl/N-ethyl adjacent to an activating group) is 1. The number of carbonyl (C=O) groups excluding carboxylic acids is 1. The number of benzene rings is 1. The highest BCUT2D eigenvalue weighted by Crippen LogP contribution is 2.18. The Bertz CT molecular complexity index is 450. The summed E-state index contributed by atoms with van der Waals surface area (Å²) in [4.78, 5) is 12.0. The number of rotatable bonds is 6. The van der Waals surface area contributed by atoms with Gasteiger partial charge in [0, 0.05) is 0 Å². The second kappa shape index (κ2) is 7.46. The Kier molecular flexibility index (Phi) is 5.62. The predicted molar refractivity (Wildman–Crippen MR) is 82.5 cm³/mol. The first-order valence-electron chi connectivity index (χ1n) is 7.85. The molecule has 0 atom stereocenters. The normalized spacial score (nSPS) is 17.2. The standard InChI is InChI=1S/C17H26NO3/c1-3-18(11-5-4-6-12-18)13-14-21-17(19)15-7-9-16(20-2)10-8-15/h7-10H,3-6,11-14H2,1-2H3/q+1. The van der Waals surface area contributed by atoms with E-state index in [4.69, 9.17) is 9.47 Å². The highest BCUT2D eigenvalue weighted by molar-refractivity contribution is 5.89. The summed E-state index contributed by atoms with van der Waals surface area (Å²) in [6, 6.07) is 7.04. The molecule has 21 heavy (non-hydrogen) atoms. The second-order valence-corrected chi connectivity index (χ2v) is 5.75. The van der Waals surface area contributed by atoms with Crippen LogP contribution in [0.5, 0.6) is 5.75 Å². The van der Waals surface area contributed by atoms with E-state index in [1.807, 2.05) is 0 Å². The summed E-state index contributed by atoms with van der Waals surface area (Å²) in [7, 11) is 1.61. The molecular weight excluding hydrogens is 266 g/mol. The molecule has 0 aromatic heterocycles. The number of hydrogen-bond acceptors (Lipinski definition) is 3. The van der Waals surface area contributed by atoms with Crippen molar-refractivity contribution < 1.29 is 18.8 Å². The van der Waals surface area contributed by atoms with Crippen LogP contribution in [0.3, 0.4) is 0 Å². The molecule has 1 fully saturated rings.